The van der Waals surface area contributed by atoms with Crippen LogP contribution in [-0.4, -0.2) is 24.3 Å². The Morgan fingerprint density at radius 3 is 2.57 bits per heavy atom. The number of Topliss-reactive ketones (excluding diaryl/α,β-unsaturated/α-hetero) is 1. The summed E-state index contributed by atoms with van der Waals surface area (Å²) in [6.07, 6.45) is -0.500. The third kappa shape index (κ3) is 2.99. The van der Waals surface area contributed by atoms with E-state index in [1.54, 1.807) is 23.1 Å². The fraction of sp³-hybridized carbons (Fsp3) is 0.412. The van der Waals surface area contributed by atoms with Crippen LogP contribution in [0.3, 0.4) is 0 Å². The Kier molecular flexibility index (Phi) is 4.16. The topological polar surface area (TPSA) is 46.6 Å². The summed E-state index contributed by atoms with van der Waals surface area (Å²) in [6.45, 7) is 11.6. The van der Waals surface area contributed by atoms with Gasteiger partial charge < -0.3 is 9.64 Å². The maximum Gasteiger partial charge on any atom is 0.268 e. The average molecular weight is 287 g/mol. The molecule has 0 spiro atoms. The van der Waals surface area contributed by atoms with Crippen molar-refractivity contribution in [2.24, 2.45) is 5.92 Å². The van der Waals surface area contributed by atoms with Crippen molar-refractivity contribution >= 4 is 17.4 Å². The number of benzene rings is 1. The van der Waals surface area contributed by atoms with Crippen molar-refractivity contribution in [3.8, 4) is 5.75 Å². The number of hydrogen-bond acceptors (Lipinski definition) is 3. The minimum Gasteiger partial charge on any atom is -0.478 e. The molecule has 1 unspecified atom stereocenters. The van der Waals surface area contributed by atoms with Gasteiger partial charge in [0.25, 0.3) is 5.91 Å². The number of carbonyl (C=O) groups excluding carboxylic acids is 2. The summed E-state index contributed by atoms with van der Waals surface area (Å²) in [6, 6.07) is 5.21. The van der Waals surface area contributed by atoms with Gasteiger partial charge in [-0.3, -0.25) is 9.59 Å². The van der Waals surface area contributed by atoms with Crippen LogP contribution in [0.2, 0.25) is 0 Å². The third-order valence-electron chi connectivity index (χ3n) is 3.45. The molecule has 0 radical (unpaired) electrons. The van der Waals surface area contributed by atoms with Crippen LogP contribution in [0.1, 0.15) is 38.1 Å². The number of carbonyl (C=O) groups is 2. The first-order chi connectivity index (χ1) is 9.81. The highest BCUT2D eigenvalue weighted by Crippen LogP contribution is 2.36. The molecule has 1 amide bonds. The minimum atomic E-state index is -0.500. The smallest absolute Gasteiger partial charge is 0.268 e. The molecule has 0 saturated carbocycles. The zero-order chi connectivity index (χ0) is 15.7. The Morgan fingerprint density at radius 2 is 2.05 bits per heavy atom. The molecule has 0 fully saturated rings. The number of hydrogen-bond donors (Lipinski definition) is 0. The second-order valence-electron chi connectivity index (χ2n) is 5.90. The molecule has 1 aromatic carbocycles. The van der Waals surface area contributed by atoms with Crippen molar-refractivity contribution in [3.05, 3.63) is 35.9 Å². The Balaban J connectivity index is 2.51. The van der Waals surface area contributed by atoms with Crippen LogP contribution in [0.4, 0.5) is 5.69 Å². The van der Waals surface area contributed by atoms with E-state index in [0.717, 1.165) is 5.57 Å². The lowest BCUT2D eigenvalue weighted by atomic mass is 10.0. The summed E-state index contributed by atoms with van der Waals surface area (Å²) in [7, 11) is 0. The molecular formula is C17H21NO3. The number of rotatable bonds is 4. The van der Waals surface area contributed by atoms with Gasteiger partial charge in [-0.05, 0) is 38.0 Å². The van der Waals surface area contributed by atoms with Crippen LogP contribution >= 0.6 is 0 Å². The molecule has 1 aliphatic rings. The molecule has 1 aliphatic heterocycles. The van der Waals surface area contributed by atoms with Crippen LogP contribution < -0.4 is 9.64 Å². The number of anilines is 1. The first kappa shape index (κ1) is 15.3. The van der Waals surface area contributed by atoms with Crippen molar-refractivity contribution in [2.45, 2.75) is 33.8 Å². The molecule has 1 atom stereocenters. The lowest BCUT2D eigenvalue weighted by molar-refractivity contribution is -0.128. The summed E-state index contributed by atoms with van der Waals surface area (Å²) in [5.41, 5.74) is 2.10. The molecule has 1 heterocycles. The maximum absolute atomic E-state index is 12.6. The van der Waals surface area contributed by atoms with E-state index in [1.807, 2.05) is 20.8 Å². The van der Waals surface area contributed by atoms with Gasteiger partial charge in [-0.15, -0.1) is 0 Å². The normalized spacial score (nSPS) is 17.5. The molecule has 0 aliphatic carbocycles. The van der Waals surface area contributed by atoms with Crippen molar-refractivity contribution in [2.75, 3.05) is 11.4 Å². The molecule has 0 bridgehead atoms. The molecule has 4 heteroatoms. The Morgan fingerprint density at radius 1 is 1.38 bits per heavy atom. The Bertz CT molecular complexity index is 604. The fourth-order valence-electron chi connectivity index (χ4n) is 2.36. The molecule has 0 saturated heterocycles. The van der Waals surface area contributed by atoms with Crippen LogP contribution in [0.5, 0.6) is 5.75 Å². The molecule has 0 aromatic heterocycles. The summed E-state index contributed by atoms with van der Waals surface area (Å²) in [4.78, 5) is 25.8. The van der Waals surface area contributed by atoms with E-state index < -0.39 is 6.10 Å². The van der Waals surface area contributed by atoms with E-state index >= 15 is 0 Å². The maximum atomic E-state index is 12.6. The predicted molar refractivity (Wildman–Crippen MR) is 82.9 cm³/mol. The van der Waals surface area contributed by atoms with Crippen molar-refractivity contribution in [1.82, 2.24) is 0 Å². The van der Waals surface area contributed by atoms with Gasteiger partial charge in [0.1, 0.15) is 5.75 Å². The number of ether oxygens (including phenoxy) is 1. The number of fused-ring (bicyclic) bond motifs is 1. The van der Waals surface area contributed by atoms with Gasteiger partial charge in [-0.1, -0.05) is 26.0 Å². The highest BCUT2D eigenvalue weighted by Gasteiger charge is 2.36. The Hall–Kier alpha value is -2.10. The molecule has 4 nitrogen and oxygen atoms in total. The quantitative estimate of drug-likeness (QED) is 0.631. The summed E-state index contributed by atoms with van der Waals surface area (Å²) in [5.74, 6) is 0.595. The van der Waals surface area contributed by atoms with Gasteiger partial charge in [0.2, 0.25) is 0 Å². The molecule has 2 rings (SSSR count). The van der Waals surface area contributed by atoms with E-state index in [9.17, 15) is 9.59 Å². The van der Waals surface area contributed by atoms with Crippen LogP contribution in [0.25, 0.3) is 0 Å². The zero-order valence-corrected chi connectivity index (χ0v) is 13.0. The van der Waals surface area contributed by atoms with Crippen molar-refractivity contribution in [3.63, 3.8) is 0 Å². The van der Waals surface area contributed by atoms with Gasteiger partial charge in [0.15, 0.2) is 11.9 Å². The fourth-order valence-corrected chi connectivity index (χ4v) is 2.36. The van der Waals surface area contributed by atoms with E-state index in [-0.39, 0.29) is 17.6 Å². The van der Waals surface area contributed by atoms with Crippen LogP contribution in [0.15, 0.2) is 30.4 Å². The second-order valence-corrected chi connectivity index (χ2v) is 5.90. The van der Waals surface area contributed by atoms with Gasteiger partial charge in [-0.25, -0.2) is 0 Å². The highest BCUT2D eigenvalue weighted by atomic mass is 16.5. The SMILES string of the molecule is C=C(C)CN1C(=O)C(C(C)C)Oc2ccc(C(C)=O)cc21. The van der Waals surface area contributed by atoms with Gasteiger partial charge >= 0.3 is 0 Å². The first-order valence-electron chi connectivity index (χ1n) is 7.08. The molecule has 1 aromatic rings. The lowest BCUT2D eigenvalue weighted by Crippen LogP contribution is -2.48. The summed E-state index contributed by atoms with van der Waals surface area (Å²) >= 11 is 0. The first-order valence-corrected chi connectivity index (χ1v) is 7.08. The number of amides is 1. The van der Waals surface area contributed by atoms with Crippen molar-refractivity contribution < 1.29 is 14.3 Å². The molecule has 21 heavy (non-hydrogen) atoms. The predicted octanol–water partition coefficient (Wildman–Crippen LogP) is 3.22. The Labute approximate surface area is 125 Å². The average Bonchev–Trinajstić information content (AvgIpc) is 2.40. The zero-order valence-electron chi connectivity index (χ0n) is 13.0. The van der Waals surface area contributed by atoms with Crippen LogP contribution in [0, 0.1) is 5.92 Å². The van der Waals surface area contributed by atoms with E-state index in [2.05, 4.69) is 6.58 Å². The second kappa shape index (κ2) is 5.72. The number of ketones is 1. The van der Waals surface area contributed by atoms with E-state index in [4.69, 9.17) is 4.74 Å². The largest absolute Gasteiger partial charge is 0.478 e. The van der Waals surface area contributed by atoms with E-state index in [1.165, 1.54) is 6.92 Å². The summed E-state index contributed by atoms with van der Waals surface area (Å²) in [5, 5.41) is 0. The minimum absolute atomic E-state index is 0.0356. The van der Waals surface area contributed by atoms with Gasteiger partial charge in [0, 0.05) is 12.1 Å². The highest BCUT2D eigenvalue weighted by molar-refractivity contribution is 6.03. The standard InChI is InChI=1S/C17H21NO3/c1-10(2)9-18-14-8-13(12(5)19)6-7-15(14)21-16(11(3)4)17(18)20/h6-8,11,16H,1,9H2,2-5H3. The number of nitrogens with zero attached hydrogens (tertiary/aromatic N) is 1. The van der Waals surface area contributed by atoms with Gasteiger partial charge in [0.05, 0.1) is 5.69 Å². The molecule has 112 valence electrons. The van der Waals surface area contributed by atoms with E-state index in [0.29, 0.717) is 23.5 Å². The van der Waals surface area contributed by atoms with Crippen molar-refractivity contribution in [1.29, 1.82) is 0 Å². The monoisotopic (exact) mass is 287 g/mol. The van der Waals surface area contributed by atoms with Crippen LogP contribution in [-0.2, 0) is 4.79 Å². The lowest BCUT2D eigenvalue weighted by Gasteiger charge is -2.36. The summed E-state index contributed by atoms with van der Waals surface area (Å²) < 4.78 is 5.82. The third-order valence-corrected chi connectivity index (χ3v) is 3.45. The van der Waals surface area contributed by atoms with Gasteiger partial charge in [-0.2, -0.15) is 0 Å². The molecular weight excluding hydrogens is 266 g/mol. The molecule has 0 N–H and O–H groups in total.